The van der Waals surface area contributed by atoms with Crippen molar-refractivity contribution in [1.82, 2.24) is 19.6 Å². The molecule has 2 aromatic rings. The summed E-state index contributed by atoms with van der Waals surface area (Å²) in [5.41, 5.74) is 2.92. The van der Waals surface area contributed by atoms with Crippen molar-refractivity contribution in [3.05, 3.63) is 46.7 Å². The molecule has 0 aromatic carbocycles. The standard InChI is InChI=1S/C16H20N4O/c21-16-15-2-1-7-20(15)11-14(18-16)12-3-4-13(10-12)19-8-5-17-6-9-19/h1-2,7,10-11,13,17H,3-6,8-9H2,(H,18,21). The van der Waals surface area contributed by atoms with E-state index in [1.165, 1.54) is 5.57 Å². The molecule has 1 atom stereocenters. The minimum atomic E-state index is -0.0102. The van der Waals surface area contributed by atoms with Crippen LogP contribution in [0.3, 0.4) is 0 Å². The molecule has 110 valence electrons. The number of rotatable bonds is 2. The molecule has 3 heterocycles. The number of hydrogen-bond acceptors (Lipinski definition) is 3. The first-order chi connectivity index (χ1) is 10.3. The monoisotopic (exact) mass is 284 g/mol. The quantitative estimate of drug-likeness (QED) is 0.867. The Balaban J connectivity index is 1.64. The maximum Gasteiger partial charge on any atom is 0.272 e. The zero-order valence-corrected chi connectivity index (χ0v) is 12.0. The lowest BCUT2D eigenvalue weighted by Crippen LogP contribution is -2.47. The van der Waals surface area contributed by atoms with Gasteiger partial charge in [0.25, 0.3) is 5.56 Å². The first kappa shape index (κ1) is 12.9. The number of aromatic amines is 1. The number of allylic oxidation sites excluding steroid dienone is 1. The van der Waals surface area contributed by atoms with Crippen molar-refractivity contribution in [2.75, 3.05) is 26.2 Å². The first-order valence-corrected chi connectivity index (χ1v) is 7.67. The molecule has 5 nitrogen and oxygen atoms in total. The van der Waals surface area contributed by atoms with Crippen LogP contribution >= 0.6 is 0 Å². The topological polar surface area (TPSA) is 52.5 Å². The molecule has 0 bridgehead atoms. The van der Waals surface area contributed by atoms with E-state index < -0.39 is 0 Å². The van der Waals surface area contributed by atoms with E-state index in [1.54, 1.807) is 0 Å². The van der Waals surface area contributed by atoms with E-state index in [9.17, 15) is 4.79 Å². The second kappa shape index (κ2) is 5.16. The van der Waals surface area contributed by atoms with Gasteiger partial charge in [-0.1, -0.05) is 6.08 Å². The van der Waals surface area contributed by atoms with Crippen molar-refractivity contribution in [3.8, 4) is 0 Å². The first-order valence-electron chi connectivity index (χ1n) is 7.67. The van der Waals surface area contributed by atoms with Gasteiger partial charge in [0.2, 0.25) is 0 Å². The van der Waals surface area contributed by atoms with E-state index in [0.717, 1.165) is 44.7 Å². The molecule has 21 heavy (non-hydrogen) atoms. The fourth-order valence-electron chi connectivity index (χ4n) is 3.45. The maximum atomic E-state index is 12.1. The third-order valence-corrected chi connectivity index (χ3v) is 4.60. The van der Waals surface area contributed by atoms with Crippen LogP contribution in [-0.2, 0) is 0 Å². The number of aromatic nitrogens is 2. The van der Waals surface area contributed by atoms with Crippen LogP contribution < -0.4 is 10.9 Å². The largest absolute Gasteiger partial charge is 0.319 e. The van der Waals surface area contributed by atoms with E-state index in [2.05, 4.69) is 21.3 Å². The van der Waals surface area contributed by atoms with Gasteiger partial charge in [0.15, 0.2) is 0 Å². The van der Waals surface area contributed by atoms with E-state index in [4.69, 9.17) is 0 Å². The summed E-state index contributed by atoms with van der Waals surface area (Å²) in [5.74, 6) is 0. The van der Waals surface area contributed by atoms with Crippen LogP contribution in [0.15, 0.2) is 35.4 Å². The third-order valence-electron chi connectivity index (χ3n) is 4.60. The van der Waals surface area contributed by atoms with Gasteiger partial charge < -0.3 is 14.7 Å². The molecule has 4 rings (SSSR count). The van der Waals surface area contributed by atoms with Gasteiger partial charge in [0.05, 0.1) is 5.69 Å². The lowest BCUT2D eigenvalue weighted by atomic mass is 10.2. The SMILES string of the molecule is O=c1[nH]c(C2=CC(N3CCNCC3)CC2)cn2cccc12. The molecule has 0 amide bonds. The average Bonchev–Trinajstić information content (AvgIpc) is 3.17. The molecule has 1 fully saturated rings. The number of piperazine rings is 1. The second-order valence-corrected chi connectivity index (χ2v) is 5.88. The lowest BCUT2D eigenvalue weighted by Gasteiger charge is -2.31. The molecule has 0 spiro atoms. The van der Waals surface area contributed by atoms with Gasteiger partial charge in [0.1, 0.15) is 5.52 Å². The summed E-state index contributed by atoms with van der Waals surface area (Å²) in [6.07, 6.45) is 8.49. The zero-order chi connectivity index (χ0) is 14.2. The number of nitrogens with one attached hydrogen (secondary N) is 2. The smallest absolute Gasteiger partial charge is 0.272 e. The summed E-state index contributed by atoms with van der Waals surface area (Å²) in [4.78, 5) is 17.6. The summed E-state index contributed by atoms with van der Waals surface area (Å²) in [7, 11) is 0. The molecule has 2 N–H and O–H groups in total. The number of H-pyrrole nitrogens is 1. The third kappa shape index (κ3) is 2.32. The molecule has 1 aliphatic heterocycles. The summed E-state index contributed by atoms with van der Waals surface area (Å²) < 4.78 is 1.91. The van der Waals surface area contributed by atoms with Gasteiger partial charge in [-0.25, -0.2) is 0 Å². The molecule has 0 saturated carbocycles. The van der Waals surface area contributed by atoms with E-state index in [1.807, 2.05) is 28.9 Å². The number of fused-ring (bicyclic) bond motifs is 1. The van der Waals surface area contributed by atoms with Crippen molar-refractivity contribution in [2.45, 2.75) is 18.9 Å². The Bertz CT molecular complexity index is 736. The molecule has 1 saturated heterocycles. The molecule has 1 unspecified atom stereocenters. The van der Waals surface area contributed by atoms with Crippen LogP contribution in [0, 0.1) is 0 Å². The predicted octanol–water partition coefficient (Wildman–Crippen LogP) is 1.08. The molecule has 1 aliphatic carbocycles. The van der Waals surface area contributed by atoms with Crippen LogP contribution in [0.25, 0.3) is 11.1 Å². The van der Waals surface area contributed by atoms with Crippen molar-refractivity contribution >= 4 is 11.1 Å². The van der Waals surface area contributed by atoms with Crippen molar-refractivity contribution in [3.63, 3.8) is 0 Å². The molecular weight excluding hydrogens is 264 g/mol. The Hall–Kier alpha value is -1.85. The van der Waals surface area contributed by atoms with Crippen molar-refractivity contribution in [2.24, 2.45) is 0 Å². The fraction of sp³-hybridized carbons (Fsp3) is 0.438. The highest BCUT2D eigenvalue weighted by Gasteiger charge is 2.24. The van der Waals surface area contributed by atoms with Gasteiger partial charge in [-0.15, -0.1) is 0 Å². The maximum absolute atomic E-state index is 12.1. The summed E-state index contributed by atoms with van der Waals surface area (Å²) in [6.45, 7) is 4.38. The minimum absolute atomic E-state index is 0.0102. The van der Waals surface area contributed by atoms with Gasteiger partial charge in [0, 0.05) is 44.6 Å². The van der Waals surface area contributed by atoms with E-state index in [0.29, 0.717) is 11.6 Å². The number of hydrogen-bond donors (Lipinski definition) is 2. The van der Waals surface area contributed by atoms with Crippen molar-refractivity contribution in [1.29, 1.82) is 0 Å². The van der Waals surface area contributed by atoms with Crippen LogP contribution in [-0.4, -0.2) is 46.5 Å². The summed E-state index contributed by atoms with van der Waals surface area (Å²) in [5, 5.41) is 3.39. The molecular formula is C16H20N4O. The average molecular weight is 284 g/mol. The Morgan fingerprint density at radius 1 is 1.24 bits per heavy atom. The van der Waals surface area contributed by atoms with Crippen LogP contribution in [0.5, 0.6) is 0 Å². The zero-order valence-electron chi connectivity index (χ0n) is 12.0. The predicted molar refractivity (Wildman–Crippen MR) is 83.5 cm³/mol. The van der Waals surface area contributed by atoms with Gasteiger partial charge in [-0.2, -0.15) is 0 Å². The van der Waals surface area contributed by atoms with Crippen molar-refractivity contribution < 1.29 is 0 Å². The van der Waals surface area contributed by atoms with Crippen LogP contribution in [0.4, 0.5) is 0 Å². The Morgan fingerprint density at radius 2 is 2.10 bits per heavy atom. The van der Waals surface area contributed by atoms with Gasteiger partial charge >= 0.3 is 0 Å². The Morgan fingerprint density at radius 3 is 2.95 bits per heavy atom. The summed E-state index contributed by atoms with van der Waals surface area (Å²) in [6, 6.07) is 4.27. The highest BCUT2D eigenvalue weighted by molar-refractivity contribution is 5.66. The van der Waals surface area contributed by atoms with E-state index >= 15 is 0 Å². The Kier molecular flexibility index (Phi) is 3.16. The van der Waals surface area contributed by atoms with E-state index in [-0.39, 0.29) is 5.56 Å². The van der Waals surface area contributed by atoms with Gasteiger partial charge in [-0.05, 0) is 30.5 Å². The molecule has 0 radical (unpaired) electrons. The number of nitrogens with zero attached hydrogens (tertiary/aromatic N) is 2. The van der Waals surface area contributed by atoms with Crippen LogP contribution in [0.1, 0.15) is 18.5 Å². The molecule has 2 aromatic heterocycles. The second-order valence-electron chi connectivity index (χ2n) is 5.88. The molecule has 2 aliphatic rings. The summed E-state index contributed by atoms with van der Waals surface area (Å²) >= 11 is 0. The minimum Gasteiger partial charge on any atom is -0.319 e. The van der Waals surface area contributed by atoms with Gasteiger partial charge in [-0.3, -0.25) is 9.69 Å². The lowest BCUT2D eigenvalue weighted by molar-refractivity contribution is 0.200. The van der Waals surface area contributed by atoms with Crippen LogP contribution in [0.2, 0.25) is 0 Å². The molecule has 5 heteroatoms. The Labute approximate surface area is 123 Å². The fourth-order valence-corrected chi connectivity index (χ4v) is 3.45. The highest BCUT2D eigenvalue weighted by Crippen LogP contribution is 2.29. The highest BCUT2D eigenvalue weighted by atomic mass is 16.1. The normalized spacial score (nSPS) is 23.6.